The number of halogens is 1. The largest absolute Gasteiger partial charge is 0.484 e. The Morgan fingerprint density at radius 2 is 2.06 bits per heavy atom. The molecule has 3 rings (SSSR count). The number of hydrogen-bond acceptors (Lipinski definition) is 9. The second-order valence-corrected chi connectivity index (χ2v) is 6.86. The minimum absolute atomic E-state index is 0.000856. The van der Waals surface area contributed by atoms with E-state index in [0.717, 1.165) is 0 Å². The third kappa shape index (κ3) is 6.25. The maximum absolute atomic E-state index is 12.1. The number of aryl methyl sites for hydroxylation is 1. The van der Waals surface area contributed by atoms with E-state index in [4.69, 9.17) is 20.9 Å². The number of ether oxygens (including phenoxy) is 1. The Kier molecular flexibility index (Phi) is 7.33. The van der Waals surface area contributed by atoms with Crippen LogP contribution in [0, 0.1) is 17.0 Å². The number of benzene rings is 1. The molecule has 0 saturated carbocycles. The van der Waals surface area contributed by atoms with E-state index >= 15 is 0 Å². The van der Waals surface area contributed by atoms with E-state index in [0.29, 0.717) is 16.5 Å². The van der Waals surface area contributed by atoms with Gasteiger partial charge in [0, 0.05) is 18.1 Å². The van der Waals surface area contributed by atoms with Gasteiger partial charge in [-0.1, -0.05) is 22.8 Å². The zero-order valence-corrected chi connectivity index (χ0v) is 17.5. The van der Waals surface area contributed by atoms with Gasteiger partial charge >= 0.3 is 17.6 Å². The normalized spacial score (nSPS) is 10.6. The predicted molar refractivity (Wildman–Crippen MR) is 109 cm³/mol. The summed E-state index contributed by atoms with van der Waals surface area (Å²) in [5.74, 6) is -0.992. The lowest BCUT2D eigenvalue weighted by molar-refractivity contribution is -0.389. The maximum atomic E-state index is 12.1. The van der Waals surface area contributed by atoms with E-state index in [1.165, 1.54) is 10.7 Å². The molecule has 2 amide bonds. The van der Waals surface area contributed by atoms with E-state index in [-0.39, 0.29) is 49.7 Å². The first-order valence-electron chi connectivity index (χ1n) is 9.26. The summed E-state index contributed by atoms with van der Waals surface area (Å²) in [5, 5.41) is 23.9. The van der Waals surface area contributed by atoms with Gasteiger partial charge in [-0.3, -0.25) is 9.59 Å². The standard InChI is InChI=1S/C18H18ClN7O6/c1-11-7-15(26(29)30)23-25(11)9-14-22-18(32-24-14)17(28)21-6-5-20-16(27)10-31-13-4-2-3-12(19)8-13/h2-4,7-8H,5-6,9-10H2,1H3,(H,20,27)(H,21,28). The number of nitro groups is 1. The van der Waals surface area contributed by atoms with Crippen molar-refractivity contribution in [3.63, 3.8) is 0 Å². The zero-order chi connectivity index (χ0) is 23.1. The SMILES string of the molecule is Cc1cc([N+](=O)[O-])nn1Cc1noc(C(=O)NCCNC(=O)COc2cccc(Cl)c2)n1. The van der Waals surface area contributed by atoms with Gasteiger partial charge in [0.2, 0.25) is 0 Å². The summed E-state index contributed by atoms with van der Waals surface area (Å²) >= 11 is 5.84. The number of amides is 2. The highest BCUT2D eigenvalue weighted by atomic mass is 35.5. The molecule has 3 aromatic rings. The topological polar surface area (TPSA) is 167 Å². The molecule has 2 heterocycles. The Balaban J connectivity index is 1.39. The molecule has 0 aliphatic heterocycles. The summed E-state index contributed by atoms with van der Waals surface area (Å²) in [6.07, 6.45) is 0. The van der Waals surface area contributed by atoms with Crippen LogP contribution in [0.4, 0.5) is 5.82 Å². The number of hydrogen-bond donors (Lipinski definition) is 2. The molecular formula is C18H18ClN7O6. The minimum Gasteiger partial charge on any atom is -0.484 e. The van der Waals surface area contributed by atoms with Crippen molar-refractivity contribution in [2.24, 2.45) is 0 Å². The number of nitrogens with one attached hydrogen (secondary N) is 2. The third-order valence-electron chi connectivity index (χ3n) is 4.01. The molecule has 2 aromatic heterocycles. The molecule has 14 heteroatoms. The number of carbonyl (C=O) groups is 2. The van der Waals surface area contributed by atoms with Gasteiger partial charge in [-0.15, -0.1) is 0 Å². The van der Waals surface area contributed by atoms with E-state index in [9.17, 15) is 19.7 Å². The molecule has 0 unspecified atom stereocenters. The first-order valence-corrected chi connectivity index (χ1v) is 9.64. The van der Waals surface area contributed by atoms with Crippen molar-refractivity contribution in [3.8, 4) is 5.75 Å². The van der Waals surface area contributed by atoms with Gasteiger partial charge in [0.15, 0.2) is 12.4 Å². The molecule has 0 saturated heterocycles. The molecule has 0 fully saturated rings. The Hall–Kier alpha value is -4.00. The molecule has 0 atom stereocenters. The molecule has 0 aliphatic rings. The highest BCUT2D eigenvalue weighted by molar-refractivity contribution is 6.30. The van der Waals surface area contributed by atoms with Crippen molar-refractivity contribution in [2.45, 2.75) is 13.5 Å². The highest BCUT2D eigenvalue weighted by Crippen LogP contribution is 2.16. The first-order chi connectivity index (χ1) is 15.3. The monoisotopic (exact) mass is 463 g/mol. The summed E-state index contributed by atoms with van der Waals surface area (Å²) in [7, 11) is 0. The molecule has 0 aliphatic carbocycles. The highest BCUT2D eigenvalue weighted by Gasteiger charge is 2.19. The van der Waals surface area contributed by atoms with E-state index in [1.54, 1.807) is 31.2 Å². The lowest BCUT2D eigenvalue weighted by atomic mass is 10.3. The van der Waals surface area contributed by atoms with Gasteiger partial charge in [-0.05, 0) is 30.0 Å². The van der Waals surface area contributed by atoms with Crippen LogP contribution in [0.1, 0.15) is 22.2 Å². The Morgan fingerprint density at radius 1 is 1.28 bits per heavy atom. The lowest BCUT2D eigenvalue weighted by Crippen LogP contribution is -2.36. The van der Waals surface area contributed by atoms with Crippen LogP contribution in [0.3, 0.4) is 0 Å². The average Bonchev–Trinajstić information content (AvgIpc) is 3.37. The Bertz CT molecular complexity index is 1130. The fourth-order valence-corrected chi connectivity index (χ4v) is 2.68. The average molecular weight is 464 g/mol. The lowest BCUT2D eigenvalue weighted by Gasteiger charge is -2.08. The van der Waals surface area contributed by atoms with Crippen LogP contribution in [0.25, 0.3) is 0 Å². The molecule has 168 valence electrons. The molecule has 0 bridgehead atoms. The van der Waals surface area contributed by atoms with Crippen LogP contribution in [-0.2, 0) is 11.3 Å². The van der Waals surface area contributed by atoms with Crippen molar-refractivity contribution in [2.75, 3.05) is 19.7 Å². The molecule has 1 aromatic carbocycles. The van der Waals surface area contributed by atoms with Crippen molar-refractivity contribution in [3.05, 3.63) is 62.9 Å². The van der Waals surface area contributed by atoms with Gasteiger partial charge in [0.1, 0.15) is 12.3 Å². The zero-order valence-electron chi connectivity index (χ0n) is 16.8. The van der Waals surface area contributed by atoms with Crippen molar-refractivity contribution in [1.82, 2.24) is 30.6 Å². The van der Waals surface area contributed by atoms with E-state index in [1.807, 2.05) is 0 Å². The van der Waals surface area contributed by atoms with Gasteiger partial charge in [0.25, 0.3) is 5.91 Å². The number of carbonyl (C=O) groups excluding carboxylic acids is 2. The van der Waals surface area contributed by atoms with Gasteiger partial charge in [0.05, 0.1) is 16.9 Å². The van der Waals surface area contributed by atoms with E-state index < -0.39 is 10.8 Å². The fourth-order valence-electron chi connectivity index (χ4n) is 2.50. The van der Waals surface area contributed by atoms with Crippen LogP contribution < -0.4 is 15.4 Å². The van der Waals surface area contributed by atoms with Gasteiger partial charge < -0.3 is 30.0 Å². The van der Waals surface area contributed by atoms with Crippen LogP contribution in [0.5, 0.6) is 5.75 Å². The second-order valence-electron chi connectivity index (χ2n) is 6.43. The minimum atomic E-state index is -0.628. The van der Waals surface area contributed by atoms with Crippen molar-refractivity contribution in [1.29, 1.82) is 0 Å². The Labute approximate surface area is 185 Å². The molecule has 32 heavy (non-hydrogen) atoms. The van der Waals surface area contributed by atoms with Crippen LogP contribution in [-0.4, -0.2) is 56.4 Å². The molecule has 2 N–H and O–H groups in total. The quantitative estimate of drug-likeness (QED) is 0.254. The maximum Gasteiger partial charge on any atom is 0.390 e. The molecule has 13 nitrogen and oxygen atoms in total. The van der Waals surface area contributed by atoms with E-state index in [2.05, 4.69) is 25.9 Å². The predicted octanol–water partition coefficient (Wildman–Crippen LogP) is 1.11. The number of rotatable bonds is 10. The van der Waals surface area contributed by atoms with Gasteiger partial charge in [-0.25, -0.2) is 0 Å². The summed E-state index contributed by atoms with van der Waals surface area (Å²) < 4.78 is 11.5. The van der Waals surface area contributed by atoms with Crippen molar-refractivity contribution >= 4 is 29.2 Å². The smallest absolute Gasteiger partial charge is 0.390 e. The second kappa shape index (κ2) is 10.3. The first kappa shape index (κ1) is 22.7. The molecule has 0 radical (unpaired) electrons. The number of aromatic nitrogens is 4. The van der Waals surface area contributed by atoms with Gasteiger partial charge in [-0.2, -0.15) is 9.67 Å². The third-order valence-corrected chi connectivity index (χ3v) is 4.24. The molecular weight excluding hydrogens is 446 g/mol. The fraction of sp³-hybridized carbons (Fsp3) is 0.278. The van der Waals surface area contributed by atoms with Crippen LogP contribution >= 0.6 is 11.6 Å². The summed E-state index contributed by atoms with van der Waals surface area (Å²) in [4.78, 5) is 38.0. The van der Waals surface area contributed by atoms with Crippen LogP contribution in [0.2, 0.25) is 5.02 Å². The number of nitrogens with zero attached hydrogens (tertiary/aromatic N) is 5. The summed E-state index contributed by atoms with van der Waals surface area (Å²) in [6, 6.07) is 7.96. The summed E-state index contributed by atoms with van der Waals surface area (Å²) in [6.45, 7) is 1.71. The molecule has 0 spiro atoms. The Morgan fingerprint density at radius 3 is 2.78 bits per heavy atom. The van der Waals surface area contributed by atoms with Crippen LogP contribution in [0.15, 0.2) is 34.9 Å². The van der Waals surface area contributed by atoms with Crippen molar-refractivity contribution < 1.29 is 23.8 Å². The summed E-state index contributed by atoms with van der Waals surface area (Å²) in [5.41, 5.74) is 0.530.